The molecule has 1 fully saturated rings. The smallest absolute Gasteiger partial charge is 0.0877 e. The second-order valence-electron chi connectivity index (χ2n) is 3.12. The SMILES string of the molecule is C[C@]1(O)CCCC[C@H]1O. The molecule has 0 bridgehead atoms. The lowest BCUT2D eigenvalue weighted by molar-refractivity contribution is -0.0863. The van der Waals surface area contributed by atoms with E-state index in [0.717, 1.165) is 25.7 Å². The number of aliphatic hydroxyl groups excluding tert-OH is 1. The van der Waals surface area contributed by atoms with Crippen molar-refractivity contribution in [2.75, 3.05) is 0 Å². The Morgan fingerprint density at radius 2 is 2.11 bits per heavy atom. The first-order valence-corrected chi connectivity index (χ1v) is 3.53. The number of hydrogen-bond acceptors (Lipinski definition) is 2. The molecule has 0 amide bonds. The molecule has 0 aromatic heterocycles. The van der Waals surface area contributed by atoms with Crippen LogP contribution in [-0.2, 0) is 0 Å². The van der Waals surface area contributed by atoms with Crippen LogP contribution in [0.4, 0.5) is 0 Å². The first-order chi connectivity index (χ1) is 4.13. The summed E-state index contributed by atoms with van der Waals surface area (Å²) in [6.45, 7) is 1.71. The predicted octanol–water partition coefficient (Wildman–Crippen LogP) is 0.672. The molecule has 0 heterocycles. The van der Waals surface area contributed by atoms with Crippen molar-refractivity contribution in [3.63, 3.8) is 0 Å². The lowest BCUT2D eigenvalue weighted by Crippen LogP contribution is -2.41. The lowest BCUT2D eigenvalue weighted by atomic mass is 9.84. The molecule has 9 heavy (non-hydrogen) atoms. The maximum absolute atomic E-state index is 9.39. The maximum Gasteiger partial charge on any atom is 0.0877 e. The molecule has 0 spiro atoms. The topological polar surface area (TPSA) is 40.5 Å². The van der Waals surface area contributed by atoms with Crippen LogP contribution in [0.15, 0.2) is 0 Å². The third kappa shape index (κ3) is 1.43. The van der Waals surface area contributed by atoms with E-state index in [1.54, 1.807) is 6.92 Å². The van der Waals surface area contributed by atoms with Crippen molar-refractivity contribution in [3.05, 3.63) is 0 Å². The molecule has 2 N–H and O–H groups in total. The van der Waals surface area contributed by atoms with Gasteiger partial charge in [-0.1, -0.05) is 12.8 Å². The predicted molar refractivity (Wildman–Crippen MR) is 35.1 cm³/mol. The zero-order valence-corrected chi connectivity index (χ0v) is 5.80. The summed E-state index contributed by atoms with van der Waals surface area (Å²) in [5.41, 5.74) is -0.807. The molecule has 1 aliphatic rings. The third-order valence-electron chi connectivity index (χ3n) is 2.13. The molecule has 0 radical (unpaired) electrons. The largest absolute Gasteiger partial charge is 0.390 e. The van der Waals surface area contributed by atoms with E-state index >= 15 is 0 Å². The van der Waals surface area contributed by atoms with E-state index in [1.807, 2.05) is 0 Å². The van der Waals surface area contributed by atoms with Gasteiger partial charge in [0.05, 0.1) is 11.7 Å². The van der Waals surface area contributed by atoms with Gasteiger partial charge >= 0.3 is 0 Å². The summed E-state index contributed by atoms with van der Waals surface area (Å²) < 4.78 is 0. The summed E-state index contributed by atoms with van der Waals surface area (Å²) in [7, 11) is 0. The van der Waals surface area contributed by atoms with Gasteiger partial charge in [0.15, 0.2) is 0 Å². The van der Waals surface area contributed by atoms with Gasteiger partial charge in [0.2, 0.25) is 0 Å². The van der Waals surface area contributed by atoms with Crippen LogP contribution in [0.3, 0.4) is 0 Å². The minimum atomic E-state index is -0.807. The average molecular weight is 130 g/mol. The van der Waals surface area contributed by atoms with E-state index in [-0.39, 0.29) is 0 Å². The molecule has 1 rings (SSSR count). The van der Waals surface area contributed by atoms with E-state index in [9.17, 15) is 10.2 Å². The monoisotopic (exact) mass is 130 g/mol. The van der Waals surface area contributed by atoms with Gasteiger partial charge in [-0.3, -0.25) is 0 Å². The van der Waals surface area contributed by atoms with Gasteiger partial charge in [-0.2, -0.15) is 0 Å². The van der Waals surface area contributed by atoms with Gasteiger partial charge in [-0.05, 0) is 19.8 Å². The van der Waals surface area contributed by atoms with Gasteiger partial charge in [0.1, 0.15) is 0 Å². The highest BCUT2D eigenvalue weighted by molar-refractivity contribution is 4.85. The molecule has 0 aliphatic heterocycles. The van der Waals surface area contributed by atoms with E-state index in [4.69, 9.17) is 0 Å². The van der Waals surface area contributed by atoms with E-state index in [0.29, 0.717) is 0 Å². The van der Waals surface area contributed by atoms with Crippen LogP contribution in [-0.4, -0.2) is 21.9 Å². The number of hydrogen-bond donors (Lipinski definition) is 2. The van der Waals surface area contributed by atoms with Crippen molar-refractivity contribution in [2.45, 2.75) is 44.3 Å². The van der Waals surface area contributed by atoms with E-state index in [2.05, 4.69) is 0 Å². The zero-order valence-electron chi connectivity index (χ0n) is 5.80. The van der Waals surface area contributed by atoms with Crippen LogP contribution in [0.1, 0.15) is 32.6 Å². The van der Waals surface area contributed by atoms with Crippen molar-refractivity contribution in [1.29, 1.82) is 0 Å². The normalized spacial score (nSPS) is 45.0. The Morgan fingerprint density at radius 1 is 1.44 bits per heavy atom. The van der Waals surface area contributed by atoms with Crippen molar-refractivity contribution < 1.29 is 10.2 Å². The molecular weight excluding hydrogens is 116 g/mol. The van der Waals surface area contributed by atoms with E-state index < -0.39 is 11.7 Å². The molecule has 2 nitrogen and oxygen atoms in total. The van der Waals surface area contributed by atoms with Crippen LogP contribution >= 0.6 is 0 Å². The number of rotatable bonds is 0. The summed E-state index contributed by atoms with van der Waals surface area (Å²) in [5.74, 6) is 0. The Kier molecular flexibility index (Phi) is 1.78. The zero-order chi connectivity index (χ0) is 6.91. The Hall–Kier alpha value is -0.0800. The molecule has 0 aromatic rings. The molecule has 2 atom stereocenters. The van der Waals surface area contributed by atoms with Gasteiger partial charge in [0.25, 0.3) is 0 Å². The minimum Gasteiger partial charge on any atom is -0.390 e. The van der Waals surface area contributed by atoms with Gasteiger partial charge < -0.3 is 10.2 Å². The van der Waals surface area contributed by atoms with Crippen LogP contribution < -0.4 is 0 Å². The average Bonchev–Trinajstić information content (AvgIpc) is 1.77. The summed E-state index contributed by atoms with van der Waals surface area (Å²) in [5, 5.41) is 18.6. The first kappa shape index (κ1) is 7.03. The summed E-state index contributed by atoms with van der Waals surface area (Å²) in [4.78, 5) is 0. The molecule has 0 saturated heterocycles. The summed E-state index contributed by atoms with van der Waals surface area (Å²) in [6.07, 6.45) is 3.11. The Balaban J connectivity index is 2.49. The van der Waals surface area contributed by atoms with Crippen molar-refractivity contribution in [1.82, 2.24) is 0 Å². The first-order valence-electron chi connectivity index (χ1n) is 3.53. The molecule has 1 aliphatic carbocycles. The van der Waals surface area contributed by atoms with Crippen LogP contribution in [0.25, 0.3) is 0 Å². The van der Waals surface area contributed by atoms with Crippen molar-refractivity contribution in [2.24, 2.45) is 0 Å². The highest BCUT2D eigenvalue weighted by Gasteiger charge is 2.32. The quantitative estimate of drug-likeness (QED) is 0.506. The number of aliphatic hydroxyl groups is 2. The third-order valence-corrected chi connectivity index (χ3v) is 2.13. The van der Waals surface area contributed by atoms with Crippen LogP contribution in [0, 0.1) is 0 Å². The fourth-order valence-corrected chi connectivity index (χ4v) is 1.30. The fraction of sp³-hybridized carbons (Fsp3) is 1.00. The molecule has 0 unspecified atom stereocenters. The van der Waals surface area contributed by atoms with E-state index in [1.165, 1.54) is 0 Å². The van der Waals surface area contributed by atoms with Gasteiger partial charge in [-0.25, -0.2) is 0 Å². The molecular formula is C7H14O2. The molecule has 54 valence electrons. The Morgan fingerprint density at radius 3 is 2.44 bits per heavy atom. The molecule has 2 heteroatoms. The van der Waals surface area contributed by atoms with Gasteiger partial charge in [-0.15, -0.1) is 0 Å². The fourth-order valence-electron chi connectivity index (χ4n) is 1.30. The Bertz CT molecular complexity index is 99.1. The van der Waals surface area contributed by atoms with Crippen molar-refractivity contribution in [3.8, 4) is 0 Å². The highest BCUT2D eigenvalue weighted by atomic mass is 16.3. The Labute approximate surface area is 55.5 Å². The second-order valence-corrected chi connectivity index (χ2v) is 3.12. The molecule has 0 aromatic carbocycles. The lowest BCUT2D eigenvalue weighted by Gasteiger charge is -2.33. The van der Waals surface area contributed by atoms with Gasteiger partial charge in [0, 0.05) is 0 Å². The van der Waals surface area contributed by atoms with Crippen molar-refractivity contribution >= 4 is 0 Å². The summed E-state index contributed by atoms with van der Waals surface area (Å²) in [6, 6.07) is 0. The van der Waals surface area contributed by atoms with Crippen LogP contribution in [0.5, 0.6) is 0 Å². The standard InChI is InChI=1S/C7H14O2/c1-7(9)5-3-2-4-6(7)8/h6,8-9H,2-5H2,1H3/t6-,7+/m1/s1. The second kappa shape index (κ2) is 2.27. The molecule has 1 saturated carbocycles. The van der Waals surface area contributed by atoms with Crippen LogP contribution in [0.2, 0.25) is 0 Å². The summed E-state index contributed by atoms with van der Waals surface area (Å²) >= 11 is 0. The highest BCUT2D eigenvalue weighted by Crippen LogP contribution is 2.27. The minimum absolute atomic E-state index is 0.494. The maximum atomic E-state index is 9.39.